The number of nitrogens with zero attached hydrogens (tertiary/aromatic N) is 1. The van der Waals surface area contributed by atoms with Gasteiger partial charge in [0.25, 0.3) is 0 Å². The van der Waals surface area contributed by atoms with E-state index in [1.54, 1.807) is 0 Å². The Morgan fingerprint density at radius 2 is 1.62 bits per heavy atom. The maximum Gasteiger partial charge on any atom is 0.338 e. The van der Waals surface area contributed by atoms with Crippen molar-refractivity contribution in [3.8, 4) is 0 Å². The molecule has 0 spiro atoms. The fraction of sp³-hybridized carbons (Fsp3) is 0.588. The van der Waals surface area contributed by atoms with Crippen molar-refractivity contribution in [2.24, 2.45) is 0 Å². The third-order valence-corrected chi connectivity index (χ3v) is 3.52. The zero-order valence-corrected chi connectivity index (χ0v) is 14.6. The van der Waals surface area contributed by atoms with Crippen molar-refractivity contribution in [1.29, 1.82) is 0 Å². The van der Waals surface area contributed by atoms with Gasteiger partial charge in [-0.3, -0.25) is 0 Å². The van der Waals surface area contributed by atoms with E-state index in [2.05, 4.69) is 39.5 Å². The van der Waals surface area contributed by atoms with Crippen LogP contribution in [0.4, 0.5) is 0 Å². The number of halogens is 1. The zero-order valence-electron chi connectivity index (χ0n) is 13.8. The summed E-state index contributed by atoms with van der Waals surface area (Å²) in [5.41, 5.74) is 1.94. The lowest BCUT2D eigenvalue weighted by molar-refractivity contribution is 0.0466. The second-order valence-corrected chi connectivity index (χ2v) is 5.99. The normalized spacial score (nSPS) is 11.1. The fourth-order valence-electron chi connectivity index (χ4n) is 2.00. The lowest BCUT2D eigenvalue weighted by atomic mass is 9.87. The molecule has 0 radical (unpaired) electrons. The highest BCUT2D eigenvalue weighted by molar-refractivity contribution is 5.89. The minimum absolute atomic E-state index is 0. The monoisotopic (exact) mass is 313 g/mol. The molecule has 0 atom stereocenters. The summed E-state index contributed by atoms with van der Waals surface area (Å²) in [6.45, 7) is 13.9. The van der Waals surface area contributed by atoms with Gasteiger partial charge in [0.2, 0.25) is 0 Å². The Bertz CT molecular complexity index is 419. The second kappa shape index (κ2) is 9.06. The van der Waals surface area contributed by atoms with Gasteiger partial charge in [-0.2, -0.15) is 0 Å². The molecular weight excluding hydrogens is 286 g/mol. The van der Waals surface area contributed by atoms with Gasteiger partial charge >= 0.3 is 5.97 Å². The molecule has 1 aromatic carbocycles. The molecule has 4 heteroatoms. The number of rotatable bonds is 6. The molecule has 3 nitrogen and oxygen atoms in total. The summed E-state index contributed by atoms with van der Waals surface area (Å²) >= 11 is 0. The van der Waals surface area contributed by atoms with Gasteiger partial charge in [0.15, 0.2) is 0 Å². The first-order chi connectivity index (χ1) is 9.38. The molecule has 0 unspecified atom stereocenters. The van der Waals surface area contributed by atoms with Crippen LogP contribution in [0, 0.1) is 0 Å². The number of benzene rings is 1. The highest BCUT2D eigenvalue weighted by atomic mass is 35.5. The topological polar surface area (TPSA) is 29.5 Å². The molecular formula is C17H28ClNO2. The van der Waals surface area contributed by atoms with E-state index in [0.29, 0.717) is 12.2 Å². The predicted molar refractivity (Wildman–Crippen MR) is 90.5 cm³/mol. The zero-order chi connectivity index (χ0) is 15.2. The summed E-state index contributed by atoms with van der Waals surface area (Å²) in [6.07, 6.45) is 0. The first-order valence-electron chi connectivity index (χ1n) is 7.38. The van der Waals surface area contributed by atoms with E-state index in [1.807, 2.05) is 24.3 Å². The number of likely N-dealkylation sites (N-methyl/N-ethyl adjacent to an activating group) is 1. The van der Waals surface area contributed by atoms with E-state index in [1.165, 1.54) is 5.56 Å². The van der Waals surface area contributed by atoms with Gasteiger partial charge in [-0.15, -0.1) is 12.4 Å². The Hall–Kier alpha value is -1.06. The van der Waals surface area contributed by atoms with Crippen molar-refractivity contribution in [3.63, 3.8) is 0 Å². The van der Waals surface area contributed by atoms with E-state index in [9.17, 15) is 4.79 Å². The Kier molecular flexibility index (Phi) is 8.60. The number of carbonyl (C=O) groups is 1. The van der Waals surface area contributed by atoms with Gasteiger partial charge in [-0.05, 0) is 36.2 Å². The minimum Gasteiger partial charge on any atom is -0.461 e. The Morgan fingerprint density at radius 3 is 2.05 bits per heavy atom. The van der Waals surface area contributed by atoms with Crippen LogP contribution in [-0.2, 0) is 10.2 Å². The van der Waals surface area contributed by atoms with Crippen LogP contribution in [0.1, 0.15) is 50.5 Å². The first-order valence-corrected chi connectivity index (χ1v) is 7.38. The molecule has 0 amide bonds. The van der Waals surface area contributed by atoms with Gasteiger partial charge < -0.3 is 9.64 Å². The van der Waals surface area contributed by atoms with Gasteiger partial charge in [0.1, 0.15) is 6.61 Å². The van der Waals surface area contributed by atoms with E-state index in [-0.39, 0.29) is 23.8 Å². The lowest BCUT2D eigenvalue weighted by Gasteiger charge is -2.19. The van der Waals surface area contributed by atoms with Crippen LogP contribution in [0.3, 0.4) is 0 Å². The summed E-state index contributed by atoms with van der Waals surface area (Å²) in [5, 5.41) is 0. The van der Waals surface area contributed by atoms with Gasteiger partial charge in [-0.25, -0.2) is 4.79 Å². The maximum atomic E-state index is 11.9. The molecule has 0 heterocycles. The van der Waals surface area contributed by atoms with Crippen molar-refractivity contribution in [3.05, 3.63) is 35.4 Å². The lowest BCUT2D eigenvalue weighted by Crippen LogP contribution is -2.27. The smallest absolute Gasteiger partial charge is 0.338 e. The van der Waals surface area contributed by atoms with Gasteiger partial charge in [0.05, 0.1) is 5.56 Å². The number of hydrogen-bond donors (Lipinski definition) is 0. The SMILES string of the molecule is CCN(CC)CCOC(=O)c1ccc(C(C)(C)C)cc1.Cl. The Balaban J connectivity index is 0.00000400. The molecule has 0 saturated heterocycles. The third-order valence-electron chi connectivity index (χ3n) is 3.52. The summed E-state index contributed by atoms with van der Waals surface area (Å²) in [5.74, 6) is -0.238. The molecule has 0 bridgehead atoms. The largest absolute Gasteiger partial charge is 0.461 e. The third kappa shape index (κ3) is 6.49. The van der Waals surface area contributed by atoms with Crippen LogP contribution in [0.2, 0.25) is 0 Å². The molecule has 0 aromatic heterocycles. The summed E-state index contributed by atoms with van der Waals surface area (Å²) in [7, 11) is 0. The predicted octanol–water partition coefficient (Wildman–Crippen LogP) is 3.90. The van der Waals surface area contributed by atoms with Gasteiger partial charge in [0, 0.05) is 6.54 Å². The number of hydrogen-bond acceptors (Lipinski definition) is 3. The van der Waals surface area contributed by atoms with E-state index in [4.69, 9.17) is 4.74 Å². The average molecular weight is 314 g/mol. The van der Waals surface area contributed by atoms with Crippen LogP contribution in [0.25, 0.3) is 0 Å². The summed E-state index contributed by atoms with van der Waals surface area (Å²) in [4.78, 5) is 14.2. The van der Waals surface area contributed by atoms with Crippen molar-refractivity contribution in [2.75, 3.05) is 26.2 Å². The molecule has 0 aliphatic carbocycles. The fourth-order valence-corrected chi connectivity index (χ4v) is 2.00. The molecule has 0 saturated carbocycles. The maximum absolute atomic E-state index is 11.9. The van der Waals surface area contributed by atoms with E-state index >= 15 is 0 Å². The highest BCUT2D eigenvalue weighted by Gasteiger charge is 2.14. The molecule has 120 valence electrons. The molecule has 0 fully saturated rings. The van der Waals surface area contributed by atoms with Crippen LogP contribution in [-0.4, -0.2) is 37.1 Å². The van der Waals surface area contributed by atoms with E-state index in [0.717, 1.165) is 19.6 Å². The van der Waals surface area contributed by atoms with Crippen molar-refractivity contribution >= 4 is 18.4 Å². The van der Waals surface area contributed by atoms with Crippen LogP contribution in [0.15, 0.2) is 24.3 Å². The van der Waals surface area contributed by atoms with Crippen LogP contribution < -0.4 is 0 Å². The van der Waals surface area contributed by atoms with E-state index < -0.39 is 0 Å². The molecule has 0 aliphatic rings. The minimum atomic E-state index is -0.238. The number of carbonyl (C=O) groups excluding carboxylic acids is 1. The number of esters is 1. The molecule has 1 rings (SSSR count). The van der Waals surface area contributed by atoms with Crippen molar-refractivity contribution < 1.29 is 9.53 Å². The summed E-state index contributed by atoms with van der Waals surface area (Å²) in [6, 6.07) is 7.70. The highest BCUT2D eigenvalue weighted by Crippen LogP contribution is 2.22. The Morgan fingerprint density at radius 1 is 1.10 bits per heavy atom. The molecule has 1 aromatic rings. The molecule has 0 N–H and O–H groups in total. The standard InChI is InChI=1S/C17H27NO2.ClH/c1-6-18(7-2)12-13-20-16(19)14-8-10-15(11-9-14)17(3,4)5;/h8-11H,6-7,12-13H2,1-5H3;1H. The quantitative estimate of drug-likeness (QED) is 0.746. The molecule has 0 aliphatic heterocycles. The average Bonchev–Trinajstić information content (AvgIpc) is 2.42. The van der Waals surface area contributed by atoms with Crippen LogP contribution >= 0.6 is 12.4 Å². The van der Waals surface area contributed by atoms with Crippen molar-refractivity contribution in [1.82, 2.24) is 4.90 Å². The second-order valence-electron chi connectivity index (χ2n) is 5.99. The molecule has 21 heavy (non-hydrogen) atoms. The van der Waals surface area contributed by atoms with Crippen molar-refractivity contribution in [2.45, 2.75) is 40.0 Å². The Labute approximate surface area is 135 Å². The summed E-state index contributed by atoms with van der Waals surface area (Å²) < 4.78 is 5.31. The number of ether oxygens (including phenoxy) is 1. The van der Waals surface area contributed by atoms with Crippen LogP contribution in [0.5, 0.6) is 0 Å². The first kappa shape index (κ1) is 19.9. The van der Waals surface area contributed by atoms with Gasteiger partial charge in [-0.1, -0.05) is 46.8 Å².